The van der Waals surface area contributed by atoms with E-state index in [0.717, 1.165) is 12.2 Å². The maximum Gasteiger partial charge on any atom is 0.326 e. The zero-order valence-corrected chi connectivity index (χ0v) is 12.4. The molecule has 0 aliphatic carbocycles. The topological polar surface area (TPSA) is 57.6 Å². The summed E-state index contributed by atoms with van der Waals surface area (Å²) in [5.74, 6) is 0.168. The van der Waals surface area contributed by atoms with Crippen LogP contribution in [0.3, 0.4) is 0 Å². The number of carbonyl (C=O) groups is 2. The maximum atomic E-state index is 12.0. The lowest BCUT2D eigenvalue weighted by Gasteiger charge is -2.21. The van der Waals surface area contributed by atoms with E-state index in [4.69, 9.17) is 5.11 Å². The first-order valence-corrected chi connectivity index (χ1v) is 7.89. The summed E-state index contributed by atoms with van der Waals surface area (Å²) in [6, 6.07) is 7.60. The van der Waals surface area contributed by atoms with Gasteiger partial charge in [0, 0.05) is 12.3 Å². The molecule has 1 N–H and O–H groups in total. The smallest absolute Gasteiger partial charge is 0.326 e. The van der Waals surface area contributed by atoms with E-state index in [1.807, 2.05) is 6.92 Å². The number of benzene rings is 1. The first-order valence-electron chi connectivity index (χ1n) is 6.73. The van der Waals surface area contributed by atoms with Crippen molar-refractivity contribution in [1.82, 2.24) is 4.90 Å². The Balaban J connectivity index is 1.80. The van der Waals surface area contributed by atoms with E-state index < -0.39 is 12.0 Å². The van der Waals surface area contributed by atoms with E-state index in [0.29, 0.717) is 18.7 Å². The largest absolute Gasteiger partial charge is 0.480 e. The number of carboxylic acids is 1. The molecule has 0 saturated carbocycles. The molecule has 1 saturated heterocycles. The van der Waals surface area contributed by atoms with Crippen LogP contribution in [-0.4, -0.2) is 40.2 Å². The Labute approximate surface area is 123 Å². The summed E-state index contributed by atoms with van der Waals surface area (Å²) in [5.41, 5.74) is 2.40. The van der Waals surface area contributed by atoms with Gasteiger partial charge >= 0.3 is 5.97 Å². The molecule has 1 fully saturated rings. The zero-order valence-electron chi connectivity index (χ0n) is 11.5. The van der Waals surface area contributed by atoms with Gasteiger partial charge < -0.3 is 10.0 Å². The SMILES string of the molecule is Cc1ccc(CSCC(=O)N2CCC[C@H]2C(=O)O)cc1. The molecule has 108 valence electrons. The van der Waals surface area contributed by atoms with Crippen molar-refractivity contribution < 1.29 is 14.7 Å². The molecule has 1 heterocycles. The summed E-state index contributed by atoms with van der Waals surface area (Å²) in [4.78, 5) is 24.6. The van der Waals surface area contributed by atoms with E-state index in [1.165, 1.54) is 27.8 Å². The van der Waals surface area contributed by atoms with Crippen LogP contribution in [0.2, 0.25) is 0 Å². The van der Waals surface area contributed by atoms with Crippen molar-refractivity contribution in [3.63, 3.8) is 0 Å². The van der Waals surface area contributed by atoms with Crippen LogP contribution in [0.25, 0.3) is 0 Å². The van der Waals surface area contributed by atoms with E-state index in [2.05, 4.69) is 24.3 Å². The van der Waals surface area contributed by atoms with Crippen LogP contribution in [0.4, 0.5) is 0 Å². The molecule has 5 heteroatoms. The Morgan fingerprint density at radius 1 is 1.35 bits per heavy atom. The van der Waals surface area contributed by atoms with Crippen LogP contribution in [-0.2, 0) is 15.3 Å². The number of hydrogen-bond donors (Lipinski definition) is 1. The normalized spacial score (nSPS) is 18.2. The highest BCUT2D eigenvalue weighted by molar-refractivity contribution is 7.99. The molecule has 0 radical (unpaired) electrons. The fourth-order valence-corrected chi connectivity index (χ4v) is 3.22. The van der Waals surface area contributed by atoms with Crippen LogP contribution in [0, 0.1) is 6.92 Å². The molecular weight excluding hydrogens is 274 g/mol. The Bertz CT molecular complexity index is 486. The van der Waals surface area contributed by atoms with Crippen LogP contribution >= 0.6 is 11.8 Å². The van der Waals surface area contributed by atoms with Gasteiger partial charge in [0.25, 0.3) is 0 Å². The minimum absolute atomic E-state index is 0.0630. The van der Waals surface area contributed by atoms with Gasteiger partial charge in [-0.05, 0) is 25.3 Å². The Kier molecular flexibility index (Phi) is 5.06. The predicted molar refractivity (Wildman–Crippen MR) is 79.7 cm³/mol. The second-order valence-electron chi connectivity index (χ2n) is 5.06. The van der Waals surface area contributed by atoms with Gasteiger partial charge in [-0.2, -0.15) is 0 Å². The molecule has 0 bridgehead atoms. The third kappa shape index (κ3) is 3.76. The maximum absolute atomic E-state index is 12.0. The number of aliphatic carboxylic acids is 1. The Morgan fingerprint density at radius 2 is 2.05 bits per heavy atom. The monoisotopic (exact) mass is 293 g/mol. The predicted octanol–water partition coefficient (Wildman–Crippen LogP) is 2.30. The van der Waals surface area contributed by atoms with Gasteiger partial charge in [-0.3, -0.25) is 4.79 Å². The van der Waals surface area contributed by atoms with Crippen molar-refractivity contribution in [3.05, 3.63) is 35.4 Å². The fourth-order valence-electron chi connectivity index (χ4n) is 2.35. The van der Waals surface area contributed by atoms with E-state index >= 15 is 0 Å². The molecule has 0 unspecified atom stereocenters. The van der Waals surface area contributed by atoms with Gasteiger partial charge in [-0.15, -0.1) is 11.8 Å². The molecule has 1 aliphatic heterocycles. The number of hydrogen-bond acceptors (Lipinski definition) is 3. The lowest BCUT2D eigenvalue weighted by molar-refractivity contribution is -0.147. The van der Waals surface area contributed by atoms with E-state index in [-0.39, 0.29) is 5.91 Å². The van der Waals surface area contributed by atoms with Crippen molar-refractivity contribution in [3.8, 4) is 0 Å². The number of rotatable bonds is 5. The van der Waals surface area contributed by atoms with Crippen LogP contribution in [0.5, 0.6) is 0 Å². The highest BCUT2D eigenvalue weighted by atomic mass is 32.2. The highest BCUT2D eigenvalue weighted by Gasteiger charge is 2.33. The van der Waals surface area contributed by atoms with Crippen molar-refractivity contribution in [1.29, 1.82) is 0 Å². The van der Waals surface area contributed by atoms with Crippen LogP contribution in [0.15, 0.2) is 24.3 Å². The van der Waals surface area contributed by atoms with Crippen molar-refractivity contribution >= 4 is 23.6 Å². The summed E-state index contributed by atoms with van der Waals surface area (Å²) in [7, 11) is 0. The third-order valence-corrected chi connectivity index (χ3v) is 4.46. The Hall–Kier alpha value is -1.49. The van der Waals surface area contributed by atoms with Crippen molar-refractivity contribution in [2.45, 2.75) is 31.6 Å². The number of likely N-dealkylation sites (tertiary alicyclic amines) is 1. The van der Waals surface area contributed by atoms with Crippen LogP contribution < -0.4 is 0 Å². The van der Waals surface area contributed by atoms with E-state index in [9.17, 15) is 9.59 Å². The lowest BCUT2D eigenvalue weighted by atomic mass is 10.2. The second kappa shape index (κ2) is 6.79. The molecule has 1 aromatic carbocycles. The number of amides is 1. The number of carbonyl (C=O) groups excluding carboxylic acids is 1. The first kappa shape index (κ1) is 14.9. The molecule has 0 aromatic heterocycles. The molecule has 1 aromatic rings. The summed E-state index contributed by atoms with van der Waals surface area (Å²) < 4.78 is 0. The van der Waals surface area contributed by atoms with Gasteiger partial charge in [-0.1, -0.05) is 29.8 Å². The van der Waals surface area contributed by atoms with Crippen molar-refractivity contribution in [2.75, 3.05) is 12.3 Å². The van der Waals surface area contributed by atoms with E-state index in [1.54, 1.807) is 0 Å². The average Bonchev–Trinajstić information content (AvgIpc) is 2.90. The molecule has 0 spiro atoms. The summed E-state index contributed by atoms with van der Waals surface area (Å²) >= 11 is 1.54. The molecule has 2 rings (SSSR count). The standard InChI is InChI=1S/C15H19NO3S/c1-11-4-6-12(7-5-11)9-20-10-14(17)16-8-2-3-13(16)15(18)19/h4-7,13H,2-3,8-10H2,1H3,(H,18,19)/t13-/m0/s1. The molecule has 4 nitrogen and oxygen atoms in total. The Morgan fingerprint density at radius 3 is 2.70 bits per heavy atom. The fraction of sp³-hybridized carbons (Fsp3) is 0.467. The number of thioether (sulfide) groups is 1. The second-order valence-corrected chi connectivity index (χ2v) is 6.05. The van der Waals surface area contributed by atoms with Gasteiger partial charge in [-0.25, -0.2) is 4.79 Å². The molecule has 1 atom stereocenters. The number of aryl methyl sites for hydroxylation is 1. The molecular formula is C15H19NO3S. The molecule has 20 heavy (non-hydrogen) atoms. The third-order valence-electron chi connectivity index (χ3n) is 3.47. The van der Waals surface area contributed by atoms with Gasteiger partial charge in [0.05, 0.1) is 5.75 Å². The molecule has 1 amide bonds. The summed E-state index contributed by atoms with van der Waals surface area (Å²) in [6.07, 6.45) is 1.36. The zero-order chi connectivity index (χ0) is 14.5. The lowest BCUT2D eigenvalue weighted by Crippen LogP contribution is -2.41. The quantitative estimate of drug-likeness (QED) is 0.905. The van der Waals surface area contributed by atoms with Gasteiger partial charge in [0.1, 0.15) is 6.04 Å². The van der Waals surface area contributed by atoms with Crippen LogP contribution in [0.1, 0.15) is 24.0 Å². The minimum atomic E-state index is -0.889. The van der Waals surface area contributed by atoms with Gasteiger partial charge in [0.2, 0.25) is 5.91 Å². The number of nitrogens with zero attached hydrogens (tertiary/aromatic N) is 1. The highest BCUT2D eigenvalue weighted by Crippen LogP contribution is 2.20. The first-order chi connectivity index (χ1) is 9.58. The summed E-state index contributed by atoms with van der Waals surface area (Å²) in [6.45, 7) is 2.61. The molecule has 1 aliphatic rings. The average molecular weight is 293 g/mol. The minimum Gasteiger partial charge on any atom is -0.480 e. The number of carboxylic acid groups (broad SMARTS) is 1. The van der Waals surface area contributed by atoms with Crippen molar-refractivity contribution in [2.24, 2.45) is 0 Å². The summed E-state index contributed by atoms with van der Waals surface area (Å²) in [5, 5.41) is 9.06. The van der Waals surface area contributed by atoms with Gasteiger partial charge in [0.15, 0.2) is 0 Å².